The molecule has 1 atom stereocenters. The first-order chi connectivity index (χ1) is 9.70. The molecule has 0 radical (unpaired) electrons. The Morgan fingerprint density at radius 2 is 2.25 bits per heavy atom. The highest BCUT2D eigenvalue weighted by Crippen LogP contribution is 2.24. The predicted molar refractivity (Wildman–Crippen MR) is 77.9 cm³/mol. The van der Waals surface area contributed by atoms with Gasteiger partial charge in [0.1, 0.15) is 5.75 Å². The van der Waals surface area contributed by atoms with Gasteiger partial charge in [0, 0.05) is 18.7 Å². The molecule has 1 aliphatic rings. The van der Waals surface area contributed by atoms with E-state index < -0.39 is 5.97 Å². The second kappa shape index (κ2) is 7.29. The van der Waals surface area contributed by atoms with Gasteiger partial charge in [-0.1, -0.05) is 31.5 Å². The summed E-state index contributed by atoms with van der Waals surface area (Å²) < 4.78 is 5.82. The third-order valence-corrected chi connectivity index (χ3v) is 3.74. The van der Waals surface area contributed by atoms with E-state index in [9.17, 15) is 4.79 Å². The van der Waals surface area contributed by atoms with Gasteiger partial charge in [-0.25, -0.2) is 0 Å². The van der Waals surface area contributed by atoms with Gasteiger partial charge in [-0.2, -0.15) is 0 Å². The third kappa shape index (κ3) is 3.97. The highest BCUT2D eigenvalue weighted by atomic mass is 16.5. The van der Waals surface area contributed by atoms with Crippen molar-refractivity contribution in [2.24, 2.45) is 5.92 Å². The molecular weight excluding hydrogens is 254 g/mol. The van der Waals surface area contributed by atoms with E-state index in [1.807, 2.05) is 18.2 Å². The summed E-state index contributed by atoms with van der Waals surface area (Å²) in [7, 11) is 0. The van der Waals surface area contributed by atoms with Gasteiger partial charge < -0.3 is 9.84 Å². The molecule has 0 amide bonds. The smallest absolute Gasteiger partial charge is 0.307 e. The van der Waals surface area contributed by atoms with Crippen LogP contribution in [0, 0.1) is 5.92 Å². The first-order valence-electron chi connectivity index (χ1n) is 7.36. The van der Waals surface area contributed by atoms with E-state index in [0.29, 0.717) is 6.54 Å². The number of likely N-dealkylation sites (tertiary alicyclic amines) is 1. The number of benzene rings is 1. The van der Waals surface area contributed by atoms with Crippen LogP contribution in [0.25, 0.3) is 0 Å². The molecule has 1 aromatic carbocycles. The molecule has 4 heteroatoms. The van der Waals surface area contributed by atoms with Gasteiger partial charge in [-0.3, -0.25) is 9.69 Å². The van der Waals surface area contributed by atoms with Crippen molar-refractivity contribution >= 4 is 5.97 Å². The quantitative estimate of drug-likeness (QED) is 0.779. The lowest BCUT2D eigenvalue weighted by molar-refractivity contribution is -0.141. The summed E-state index contributed by atoms with van der Waals surface area (Å²) >= 11 is 0. The summed E-state index contributed by atoms with van der Waals surface area (Å²) in [5.41, 5.74) is 1.15. The lowest BCUT2D eigenvalue weighted by Gasteiger charge is -2.18. The van der Waals surface area contributed by atoms with Crippen LogP contribution in [0.3, 0.4) is 0 Å². The van der Waals surface area contributed by atoms with Crippen LogP contribution in [0.5, 0.6) is 5.75 Å². The number of carbonyl (C=O) groups is 1. The first kappa shape index (κ1) is 14.9. The van der Waals surface area contributed by atoms with Crippen LogP contribution in [-0.4, -0.2) is 35.7 Å². The lowest BCUT2D eigenvalue weighted by Crippen LogP contribution is -2.23. The Hall–Kier alpha value is -1.55. The SMILES string of the molecule is CCCCOc1ccccc1CN1CCC(C(=O)O)C1. The topological polar surface area (TPSA) is 49.8 Å². The van der Waals surface area contributed by atoms with Crippen molar-refractivity contribution in [2.45, 2.75) is 32.7 Å². The Kier molecular flexibility index (Phi) is 5.41. The van der Waals surface area contributed by atoms with Crippen molar-refractivity contribution in [1.82, 2.24) is 4.90 Å². The Labute approximate surface area is 120 Å². The predicted octanol–water partition coefficient (Wildman–Crippen LogP) is 2.77. The summed E-state index contributed by atoms with van der Waals surface area (Å²) in [6, 6.07) is 8.05. The van der Waals surface area contributed by atoms with Crippen LogP contribution in [-0.2, 0) is 11.3 Å². The fraction of sp³-hybridized carbons (Fsp3) is 0.562. The van der Waals surface area contributed by atoms with E-state index in [0.717, 1.165) is 50.3 Å². The second-order valence-corrected chi connectivity index (χ2v) is 5.37. The van der Waals surface area contributed by atoms with Crippen molar-refractivity contribution in [2.75, 3.05) is 19.7 Å². The third-order valence-electron chi connectivity index (χ3n) is 3.74. The summed E-state index contributed by atoms with van der Waals surface area (Å²) in [4.78, 5) is 13.2. The van der Waals surface area contributed by atoms with Gasteiger partial charge in [0.15, 0.2) is 0 Å². The molecule has 1 saturated heterocycles. The molecule has 110 valence electrons. The van der Waals surface area contributed by atoms with Crippen molar-refractivity contribution in [1.29, 1.82) is 0 Å². The number of hydrogen-bond acceptors (Lipinski definition) is 3. The summed E-state index contributed by atoms with van der Waals surface area (Å²) in [5.74, 6) is 0.0304. The van der Waals surface area contributed by atoms with E-state index in [4.69, 9.17) is 9.84 Å². The Balaban J connectivity index is 1.94. The minimum absolute atomic E-state index is 0.219. The molecule has 4 nitrogen and oxygen atoms in total. The highest BCUT2D eigenvalue weighted by molar-refractivity contribution is 5.70. The van der Waals surface area contributed by atoms with Crippen LogP contribution in [0.1, 0.15) is 31.7 Å². The molecular formula is C16H23NO3. The molecule has 1 heterocycles. The standard InChI is InChI=1S/C16H23NO3/c1-2-3-10-20-15-7-5-4-6-13(15)11-17-9-8-14(12-17)16(18)19/h4-7,14H,2-3,8-12H2,1H3,(H,18,19). The molecule has 1 N–H and O–H groups in total. The molecule has 0 bridgehead atoms. The summed E-state index contributed by atoms with van der Waals surface area (Å²) in [6.45, 7) is 5.14. The van der Waals surface area contributed by atoms with Crippen molar-refractivity contribution in [3.63, 3.8) is 0 Å². The van der Waals surface area contributed by atoms with Gasteiger partial charge in [0.2, 0.25) is 0 Å². The van der Waals surface area contributed by atoms with Crippen molar-refractivity contribution in [3.8, 4) is 5.75 Å². The maximum atomic E-state index is 11.0. The summed E-state index contributed by atoms with van der Waals surface area (Å²) in [6.07, 6.45) is 2.92. The average molecular weight is 277 g/mol. The minimum atomic E-state index is -0.681. The van der Waals surface area contributed by atoms with Crippen LogP contribution in [0.2, 0.25) is 0 Å². The van der Waals surface area contributed by atoms with E-state index >= 15 is 0 Å². The monoisotopic (exact) mass is 277 g/mol. The molecule has 0 spiro atoms. The van der Waals surface area contributed by atoms with Crippen LogP contribution in [0.15, 0.2) is 24.3 Å². The fourth-order valence-corrected chi connectivity index (χ4v) is 2.52. The van der Waals surface area contributed by atoms with Gasteiger partial charge in [0.25, 0.3) is 0 Å². The number of nitrogens with zero attached hydrogens (tertiary/aromatic N) is 1. The molecule has 0 aromatic heterocycles. The zero-order chi connectivity index (χ0) is 14.4. The molecule has 2 rings (SSSR count). The molecule has 1 fully saturated rings. The van der Waals surface area contributed by atoms with Crippen LogP contribution in [0.4, 0.5) is 0 Å². The highest BCUT2D eigenvalue weighted by Gasteiger charge is 2.28. The molecule has 0 saturated carbocycles. The van der Waals surface area contributed by atoms with Crippen molar-refractivity contribution in [3.05, 3.63) is 29.8 Å². The molecule has 20 heavy (non-hydrogen) atoms. The number of aliphatic carboxylic acids is 1. The normalized spacial score (nSPS) is 19.1. The maximum absolute atomic E-state index is 11.0. The number of carboxylic acid groups (broad SMARTS) is 1. The lowest BCUT2D eigenvalue weighted by atomic mass is 10.1. The fourth-order valence-electron chi connectivity index (χ4n) is 2.52. The van der Waals surface area contributed by atoms with Gasteiger partial charge in [-0.05, 0) is 25.5 Å². The second-order valence-electron chi connectivity index (χ2n) is 5.37. The largest absolute Gasteiger partial charge is 0.493 e. The Bertz CT molecular complexity index is 447. The van der Waals surface area contributed by atoms with Gasteiger partial charge in [-0.15, -0.1) is 0 Å². The average Bonchev–Trinajstić information content (AvgIpc) is 2.90. The van der Waals surface area contributed by atoms with E-state index in [1.165, 1.54) is 0 Å². The number of unbranched alkanes of at least 4 members (excludes halogenated alkanes) is 1. The zero-order valence-electron chi connectivity index (χ0n) is 12.0. The van der Waals surface area contributed by atoms with Gasteiger partial charge in [0.05, 0.1) is 12.5 Å². The van der Waals surface area contributed by atoms with Crippen LogP contribution < -0.4 is 4.74 Å². The number of para-hydroxylation sites is 1. The molecule has 1 aliphatic heterocycles. The van der Waals surface area contributed by atoms with Crippen molar-refractivity contribution < 1.29 is 14.6 Å². The maximum Gasteiger partial charge on any atom is 0.307 e. The number of hydrogen-bond donors (Lipinski definition) is 1. The molecule has 1 aromatic rings. The Morgan fingerprint density at radius 3 is 2.95 bits per heavy atom. The van der Waals surface area contributed by atoms with Gasteiger partial charge >= 0.3 is 5.97 Å². The molecule has 0 aliphatic carbocycles. The molecule has 1 unspecified atom stereocenters. The Morgan fingerprint density at radius 1 is 1.45 bits per heavy atom. The number of ether oxygens (including phenoxy) is 1. The number of carboxylic acids is 1. The van der Waals surface area contributed by atoms with Crippen LogP contribution >= 0.6 is 0 Å². The summed E-state index contributed by atoms with van der Waals surface area (Å²) in [5, 5.41) is 9.04. The van der Waals surface area contributed by atoms with E-state index in [1.54, 1.807) is 0 Å². The first-order valence-corrected chi connectivity index (χ1v) is 7.36. The number of rotatable bonds is 7. The van der Waals surface area contributed by atoms with E-state index in [2.05, 4.69) is 17.9 Å². The van der Waals surface area contributed by atoms with E-state index in [-0.39, 0.29) is 5.92 Å². The minimum Gasteiger partial charge on any atom is -0.493 e. The zero-order valence-corrected chi connectivity index (χ0v) is 12.0.